The first-order valence-electron chi connectivity index (χ1n) is 5.78. The van der Waals surface area contributed by atoms with Gasteiger partial charge in [-0.15, -0.1) is 0 Å². The Morgan fingerprint density at radius 3 is 2.06 bits per heavy atom. The first-order chi connectivity index (χ1) is 7.89. The maximum Gasteiger partial charge on any atom is 0.416 e. The lowest BCUT2D eigenvalue weighted by atomic mass is 9.92. The molecule has 2 rings (SSSR count). The van der Waals surface area contributed by atoms with Gasteiger partial charge in [-0.2, -0.15) is 13.2 Å². The molecule has 0 spiro atoms. The summed E-state index contributed by atoms with van der Waals surface area (Å²) in [6, 6.07) is 5.07. The molecule has 0 aliphatic heterocycles. The molecule has 0 unspecified atom stereocenters. The van der Waals surface area contributed by atoms with E-state index in [9.17, 15) is 18.3 Å². The Kier molecular flexibility index (Phi) is 3.17. The molecule has 1 nitrogen and oxygen atoms in total. The van der Waals surface area contributed by atoms with Crippen LogP contribution in [0.4, 0.5) is 13.2 Å². The van der Waals surface area contributed by atoms with Crippen molar-refractivity contribution < 1.29 is 18.3 Å². The van der Waals surface area contributed by atoms with Gasteiger partial charge in [-0.25, -0.2) is 0 Å². The fraction of sp³-hybridized carbons (Fsp3) is 0.538. The molecule has 0 radical (unpaired) electrons. The molecule has 4 heteroatoms. The average molecular weight is 244 g/mol. The number of hydrogen-bond acceptors (Lipinski definition) is 1. The minimum absolute atomic E-state index is 0.450. The lowest BCUT2D eigenvalue weighted by Gasteiger charge is -2.22. The third-order valence-electron chi connectivity index (χ3n) is 3.35. The maximum atomic E-state index is 12.4. The minimum atomic E-state index is -4.29. The third kappa shape index (κ3) is 3.00. The number of alkyl halides is 3. The fourth-order valence-electron chi connectivity index (χ4n) is 2.40. The first kappa shape index (κ1) is 12.4. The summed E-state index contributed by atoms with van der Waals surface area (Å²) in [6.45, 7) is 0. The molecule has 1 aromatic rings. The molecule has 0 amide bonds. The molecule has 0 saturated heterocycles. The third-order valence-corrected chi connectivity index (χ3v) is 3.35. The predicted molar refractivity (Wildman–Crippen MR) is 58.6 cm³/mol. The van der Waals surface area contributed by atoms with Crippen LogP contribution in [0.25, 0.3) is 0 Å². The van der Waals surface area contributed by atoms with Gasteiger partial charge in [0.1, 0.15) is 0 Å². The molecule has 1 aliphatic carbocycles. The van der Waals surface area contributed by atoms with E-state index in [1.165, 1.54) is 12.1 Å². The SMILES string of the molecule is OC1(Cc2ccc(C(F)(F)F)cc2)CCCC1. The fourth-order valence-corrected chi connectivity index (χ4v) is 2.40. The van der Waals surface area contributed by atoms with E-state index in [4.69, 9.17) is 0 Å². The van der Waals surface area contributed by atoms with E-state index in [0.29, 0.717) is 6.42 Å². The second-order valence-electron chi connectivity index (χ2n) is 4.80. The normalized spacial score (nSPS) is 19.5. The van der Waals surface area contributed by atoms with Gasteiger partial charge in [0, 0.05) is 6.42 Å². The Labute approximate surface area is 98.3 Å². The van der Waals surface area contributed by atoms with E-state index in [-0.39, 0.29) is 0 Å². The number of halogens is 3. The van der Waals surface area contributed by atoms with Crippen molar-refractivity contribution in [1.82, 2.24) is 0 Å². The Balaban J connectivity index is 2.08. The molecule has 1 saturated carbocycles. The van der Waals surface area contributed by atoms with Gasteiger partial charge in [0.15, 0.2) is 0 Å². The smallest absolute Gasteiger partial charge is 0.390 e. The summed E-state index contributed by atoms with van der Waals surface area (Å²) in [5.41, 5.74) is -0.582. The standard InChI is InChI=1S/C13H15F3O/c14-13(15,16)11-5-3-10(4-6-11)9-12(17)7-1-2-8-12/h3-6,17H,1-2,7-9H2. The van der Waals surface area contributed by atoms with Crippen molar-refractivity contribution in [2.24, 2.45) is 0 Å². The molecule has 0 heterocycles. The van der Waals surface area contributed by atoms with Crippen LogP contribution in [-0.2, 0) is 12.6 Å². The van der Waals surface area contributed by atoms with Crippen LogP contribution in [0.5, 0.6) is 0 Å². The van der Waals surface area contributed by atoms with Gasteiger partial charge in [-0.1, -0.05) is 25.0 Å². The van der Waals surface area contributed by atoms with Crippen molar-refractivity contribution in [1.29, 1.82) is 0 Å². The van der Waals surface area contributed by atoms with Crippen LogP contribution in [0.15, 0.2) is 24.3 Å². The van der Waals surface area contributed by atoms with Crippen LogP contribution in [0.3, 0.4) is 0 Å². The Morgan fingerprint density at radius 2 is 1.59 bits per heavy atom. The van der Waals surface area contributed by atoms with Gasteiger partial charge in [0.25, 0.3) is 0 Å². The van der Waals surface area contributed by atoms with Crippen molar-refractivity contribution in [2.45, 2.75) is 43.9 Å². The molecule has 17 heavy (non-hydrogen) atoms. The Bertz CT molecular complexity index is 375. The molecular formula is C13H15F3O. The predicted octanol–water partition coefficient (Wildman–Crippen LogP) is 3.55. The zero-order valence-electron chi connectivity index (χ0n) is 9.43. The number of hydrogen-bond donors (Lipinski definition) is 1. The zero-order valence-corrected chi connectivity index (χ0v) is 9.43. The van der Waals surface area contributed by atoms with Crippen molar-refractivity contribution in [3.05, 3.63) is 35.4 Å². The highest BCUT2D eigenvalue weighted by molar-refractivity contribution is 5.25. The van der Waals surface area contributed by atoms with Crippen LogP contribution < -0.4 is 0 Å². The van der Waals surface area contributed by atoms with Crippen molar-refractivity contribution in [2.75, 3.05) is 0 Å². The quantitative estimate of drug-likeness (QED) is 0.843. The summed E-state index contributed by atoms with van der Waals surface area (Å²) in [5.74, 6) is 0. The lowest BCUT2D eigenvalue weighted by Crippen LogP contribution is -2.27. The molecule has 0 aromatic heterocycles. The summed E-state index contributed by atoms with van der Waals surface area (Å²) < 4.78 is 37.1. The molecule has 94 valence electrons. The van der Waals surface area contributed by atoms with Crippen LogP contribution in [0.2, 0.25) is 0 Å². The molecule has 0 atom stereocenters. The Hall–Kier alpha value is -1.03. The zero-order chi connectivity index (χ0) is 12.5. The van der Waals surface area contributed by atoms with Crippen LogP contribution in [-0.4, -0.2) is 10.7 Å². The molecule has 1 aromatic carbocycles. The molecule has 1 aliphatic rings. The van der Waals surface area contributed by atoms with Gasteiger partial charge < -0.3 is 5.11 Å². The highest BCUT2D eigenvalue weighted by Gasteiger charge is 2.32. The number of rotatable bonds is 2. The molecule has 1 fully saturated rings. The maximum absolute atomic E-state index is 12.4. The van der Waals surface area contributed by atoms with Crippen molar-refractivity contribution in [3.8, 4) is 0 Å². The van der Waals surface area contributed by atoms with E-state index < -0.39 is 17.3 Å². The van der Waals surface area contributed by atoms with E-state index >= 15 is 0 Å². The van der Waals surface area contributed by atoms with E-state index in [1.807, 2.05) is 0 Å². The van der Waals surface area contributed by atoms with Gasteiger partial charge in [-0.3, -0.25) is 0 Å². The highest BCUT2D eigenvalue weighted by Crippen LogP contribution is 2.34. The summed E-state index contributed by atoms with van der Waals surface area (Å²) in [6.07, 6.45) is -0.357. The molecule has 0 bridgehead atoms. The van der Waals surface area contributed by atoms with Crippen LogP contribution in [0, 0.1) is 0 Å². The monoisotopic (exact) mass is 244 g/mol. The topological polar surface area (TPSA) is 20.2 Å². The van der Waals surface area contributed by atoms with Crippen molar-refractivity contribution >= 4 is 0 Å². The number of benzene rings is 1. The summed E-state index contributed by atoms with van der Waals surface area (Å²) in [5, 5.41) is 10.2. The van der Waals surface area contributed by atoms with Gasteiger partial charge in [-0.05, 0) is 30.5 Å². The van der Waals surface area contributed by atoms with Crippen LogP contribution in [0.1, 0.15) is 36.8 Å². The molecule has 1 N–H and O–H groups in total. The van der Waals surface area contributed by atoms with Gasteiger partial charge >= 0.3 is 6.18 Å². The Morgan fingerprint density at radius 1 is 1.06 bits per heavy atom. The van der Waals surface area contributed by atoms with Gasteiger partial charge in [0.05, 0.1) is 11.2 Å². The average Bonchev–Trinajstić information content (AvgIpc) is 2.64. The summed E-state index contributed by atoms with van der Waals surface area (Å²) >= 11 is 0. The van der Waals surface area contributed by atoms with E-state index in [2.05, 4.69) is 0 Å². The first-order valence-corrected chi connectivity index (χ1v) is 5.78. The highest BCUT2D eigenvalue weighted by atomic mass is 19.4. The van der Waals surface area contributed by atoms with Gasteiger partial charge in [0.2, 0.25) is 0 Å². The van der Waals surface area contributed by atoms with E-state index in [1.54, 1.807) is 0 Å². The summed E-state index contributed by atoms with van der Waals surface area (Å²) in [4.78, 5) is 0. The van der Waals surface area contributed by atoms with E-state index in [0.717, 1.165) is 43.4 Å². The van der Waals surface area contributed by atoms with Crippen molar-refractivity contribution in [3.63, 3.8) is 0 Å². The number of aliphatic hydroxyl groups is 1. The lowest BCUT2D eigenvalue weighted by molar-refractivity contribution is -0.137. The summed E-state index contributed by atoms with van der Waals surface area (Å²) in [7, 11) is 0. The minimum Gasteiger partial charge on any atom is -0.390 e. The largest absolute Gasteiger partial charge is 0.416 e. The van der Waals surface area contributed by atoms with Crippen LogP contribution >= 0.6 is 0 Å². The second-order valence-corrected chi connectivity index (χ2v) is 4.80. The molecular weight excluding hydrogens is 229 g/mol. The second kappa shape index (κ2) is 4.33.